The van der Waals surface area contributed by atoms with Gasteiger partial charge < -0.3 is 14.2 Å². The highest BCUT2D eigenvalue weighted by Gasteiger charge is 2.17. The van der Waals surface area contributed by atoms with Crippen LogP contribution in [0.3, 0.4) is 0 Å². The zero-order valence-electron chi connectivity index (χ0n) is 41.2. The van der Waals surface area contributed by atoms with Crippen LogP contribution in [0.15, 0.2) is 134 Å². The van der Waals surface area contributed by atoms with Gasteiger partial charge in [0.1, 0.15) is 6.61 Å². The summed E-state index contributed by atoms with van der Waals surface area (Å²) in [5, 5.41) is 0. The van der Waals surface area contributed by atoms with E-state index in [0.717, 1.165) is 89.9 Å². The SMILES string of the molecule is CC/C=C\C/C=C\C/C=C\C/C=C\C/C=C\CCOCC(COC(=O)CCCCCCCCCCC/C=C\C/C=C\CCCCC)OC(=O)CC/C=C\C/C=C\C/C=C\C/C=C\CC. The van der Waals surface area contributed by atoms with Crippen LogP contribution < -0.4 is 0 Å². The van der Waals surface area contributed by atoms with Crippen LogP contribution in [0.4, 0.5) is 0 Å². The van der Waals surface area contributed by atoms with Gasteiger partial charge in [0, 0.05) is 12.8 Å². The third kappa shape index (κ3) is 50.7. The highest BCUT2D eigenvalue weighted by molar-refractivity contribution is 5.70. The number of hydrogen-bond acceptors (Lipinski definition) is 5. The number of unbranched alkanes of at least 4 members (excludes halogenated alkanes) is 12. The van der Waals surface area contributed by atoms with Crippen molar-refractivity contribution >= 4 is 11.9 Å². The summed E-state index contributed by atoms with van der Waals surface area (Å²) in [7, 11) is 0. The van der Waals surface area contributed by atoms with Crippen molar-refractivity contribution in [3.8, 4) is 0 Å². The summed E-state index contributed by atoms with van der Waals surface area (Å²) >= 11 is 0. The van der Waals surface area contributed by atoms with Crippen LogP contribution in [0.25, 0.3) is 0 Å². The van der Waals surface area contributed by atoms with Gasteiger partial charge in [-0.2, -0.15) is 0 Å². The Labute approximate surface area is 394 Å². The number of carbonyl (C=O) groups excluding carboxylic acids is 2. The second-order valence-electron chi connectivity index (χ2n) is 16.3. The molecule has 0 saturated carbocycles. The van der Waals surface area contributed by atoms with Crippen molar-refractivity contribution in [2.75, 3.05) is 19.8 Å². The van der Waals surface area contributed by atoms with E-state index in [1.165, 1.54) is 70.6 Å². The highest BCUT2D eigenvalue weighted by Crippen LogP contribution is 2.13. The fraction of sp³-hybridized carbons (Fsp3) is 0.593. The molecule has 64 heavy (non-hydrogen) atoms. The number of esters is 2. The maximum atomic E-state index is 12.7. The topological polar surface area (TPSA) is 61.8 Å². The van der Waals surface area contributed by atoms with Gasteiger partial charge in [-0.05, 0) is 109 Å². The Morgan fingerprint density at radius 3 is 1.19 bits per heavy atom. The average molecular weight is 883 g/mol. The van der Waals surface area contributed by atoms with Gasteiger partial charge in [-0.25, -0.2) is 0 Å². The summed E-state index contributed by atoms with van der Waals surface area (Å²) in [6, 6.07) is 0. The van der Waals surface area contributed by atoms with E-state index in [1.54, 1.807) is 0 Å². The summed E-state index contributed by atoms with van der Waals surface area (Å²) in [5.74, 6) is -0.546. The molecule has 0 aliphatic rings. The van der Waals surface area contributed by atoms with E-state index in [0.29, 0.717) is 19.4 Å². The molecule has 0 N–H and O–H groups in total. The number of allylic oxidation sites excluding steroid dienone is 21. The lowest BCUT2D eigenvalue weighted by Crippen LogP contribution is -2.30. The third-order valence-electron chi connectivity index (χ3n) is 10.2. The monoisotopic (exact) mass is 883 g/mol. The zero-order chi connectivity index (χ0) is 46.3. The number of rotatable bonds is 45. The average Bonchev–Trinajstić information content (AvgIpc) is 3.30. The first-order valence-corrected chi connectivity index (χ1v) is 25.7. The minimum atomic E-state index is -0.625. The van der Waals surface area contributed by atoms with Crippen LogP contribution in [0.2, 0.25) is 0 Å². The molecule has 360 valence electrons. The molecule has 0 amide bonds. The van der Waals surface area contributed by atoms with Crippen LogP contribution in [0.5, 0.6) is 0 Å². The first-order chi connectivity index (χ1) is 31.6. The van der Waals surface area contributed by atoms with Gasteiger partial charge in [0.25, 0.3) is 0 Å². The van der Waals surface area contributed by atoms with Gasteiger partial charge in [0.05, 0.1) is 13.2 Å². The molecule has 0 spiro atoms. The lowest BCUT2D eigenvalue weighted by atomic mass is 10.1. The first-order valence-electron chi connectivity index (χ1n) is 25.7. The number of ether oxygens (including phenoxy) is 3. The summed E-state index contributed by atoms with van der Waals surface area (Å²) in [6.45, 7) is 7.26. The van der Waals surface area contributed by atoms with Crippen LogP contribution in [-0.2, 0) is 23.8 Å². The molecule has 5 heteroatoms. The molecule has 0 aromatic carbocycles. The molecule has 0 saturated heterocycles. The molecule has 0 aromatic rings. The molecule has 0 rings (SSSR count). The van der Waals surface area contributed by atoms with Crippen LogP contribution in [0.1, 0.15) is 201 Å². The molecular formula is C59H94O5. The number of hydrogen-bond donors (Lipinski definition) is 0. The smallest absolute Gasteiger partial charge is 0.306 e. The van der Waals surface area contributed by atoms with Gasteiger partial charge >= 0.3 is 11.9 Å². The van der Waals surface area contributed by atoms with Gasteiger partial charge in [0.15, 0.2) is 6.10 Å². The quantitative estimate of drug-likeness (QED) is 0.0346. The van der Waals surface area contributed by atoms with E-state index in [-0.39, 0.29) is 31.6 Å². The van der Waals surface area contributed by atoms with E-state index in [4.69, 9.17) is 14.2 Å². The molecule has 0 aliphatic heterocycles. The van der Waals surface area contributed by atoms with Crippen LogP contribution >= 0.6 is 0 Å². The van der Waals surface area contributed by atoms with E-state index < -0.39 is 6.10 Å². The predicted octanol–water partition coefficient (Wildman–Crippen LogP) is 17.6. The number of carbonyl (C=O) groups is 2. The molecule has 0 radical (unpaired) electrons. The second kappa shape index (κ2) is 53.4. The molecule has 1 atom stereocenters. The third-order valence-corrected chi connectivity index (χ3v) is 10.2. The molecule has 0 fully saturated rings. The van der Waals surface area contributed by atoms with Gasteiger partial charge in [-0.15, -0.1) is 0 Å². The minimum Gasteiger partial charge on any atom is -0.462 e. The molecule has 0 aliphatic carbocycles. The van der Waals surface area contributed by atoms with E-state index in [9.17, 15) is 9.59 Å². The fourth-order valence-electron chi connectivity index (χ4n) is 6.44. The van der Waals surface area contributed by atoms with Gasteiger partial charge in [-0.1, -0.05) is 212 Å². The Morgan fingerprint density at radius 2 is 0.734 bits per heavy atom. The predicted molar refractivity (Wildman–Crippen MR) is 278 cm³/mol. The van der Waals surface area contributed by atoms with Crippen molar-refractivity contribution in [2.45, 2.75) is 207 Å². The van der Waals surface area contributed by atoms with Crippen molar-refractivity contribution < 1.29 is 23.8 Å². The van der Waals surface area contributed by atoms with Crippen molar-refractivity contribution in [3.63, 3.8) is 0 Å². The fourth-order valence-corrected chi connectivity index (χ4v) is 6.44. The summed E-state index contributed by atoms with van der Waals surface area (Å²) in [6.07, 6.45) is 76.4. The Bertz CT molecular complexity index is 1370. The Morgan fingerprint density at radius 1 is 0.359 bits per heavy atom. The molecule has 5 nitrogen and oxygen atoms in total. The second-order valence-corrected chi connectivity index (χ2v) is 16.3. The Balaban J connectivity index is 4.45. The van der Waals surface area contributed by atoms with Gasteiger partial charge in [0.2, 0.25) is 0 Å². The van der Waals surface area contributed by atoms with E-state index in [2.05, 4.69) is 148 Å². The lowest BCUT2D eigenvalue weighted by molar-refractivity contribution is -0.162. The van der Waals surface area contributed by atoms with E-state index in [1.807, 2.05) is 6.08 Å². The standard InChI is InChI=1S/C59H94O5/c1-4-7-10-13-16-19-22-25-27-29-30-31-32-35-37-40-43-46-49-52-58(60)63-56-57(64-59(61)53-50-47-44-41-38-34-24-21-18-15-12-9-6-3)55-62-54-51-48-45-42-39-36-33-28-26-23-20-17-14-11-8-5-2/h8-9,11-12,16-21,25-28,34,36,38-39,44-45,47-48,57H,4-7,10,13-15,22-24,29-33,35,37,40-43,46,49-56H2,1-3H3/b11-8-,12-9-,19-16-,20-17-,21-18-,27-25-,28-26-,38-34-,39-36-,47-44-,48-45-. The summed E-state index contributed by atoms with van der Waals surface area (Å²) < 4.78 is 17.2. The first kappa shape index (κ1) is 60.0. The van der Waals surface area contributed by atoms with Crippen molar-refractivity contribution in [1.82, 2.24) is 0 Å². The molecule has 0 heterocycles. The maximum absolute atomic E-state index is 12.7. The Hall–Kier alpha value is -3.96. The van der Waals surface area contributed by atoms with Crippen molar-refractivity contribution in [2.24, 2.45) is 0 Å². The Kier molecular flexibility index (Phi) is 50.1. The van der Waals surface area contributed by atoms with Gasteiger partial charge in [-0.3, -0.25) is 9.59 Å². The summed E-state index contributed by atoms with van der Waals surface area (Å²) in [4.78, 5) is 25.4. The molecule has 1 unspecified atom stereocenters. The lowest BCUT2D eigenvalue weighted by Gasteiger charge is -2.18. The zero-order valence-corrected chi connectivity index (χ0v) is 41.2. The highest BCUT2D eigenvalue weighted by atomic mass is 16.6. The van der Waals surface area contributed by atoms with Crippen molar-refractivity contribution in [1.29, 1.82) is 0 Å². The minimum absolute atomic E-state index is 0.0161. The largest absolute Gasteiger partial charge is 0.462 e. The maximum Gasteiger partial charge on any atom is 0.306 e. The summed E-state index contributed by atoms with van der Waals surface area (Å²) in [5.41, 5.74) is 0. The van der Waals surface area contributed by atoms with E-state index >= 15 is 0 Å². The normalized spacial score (nSPS) is 13.4. The van der Waals surface area contributed by atoms with Crippen LogP contribution in [-0.4, -0.2) is 37.9 Å². The molecular weight excluding hydrogens is 789 g/mol. The molecule has 0 aromatic heterocycles. The van der Waals surface area contributed by atoms with Crippen molar-refractivity contribution in [3.05, 3.63) is 134 Å². The molecule has 0 bridgehead atoms. The van der Waals surface area contributed by atoms with Crippen LogP contribution in [0, 0.1) is 0 Å².